The topological polar surface area (TPSA) is 55.4 Å². The van der Waals surface area contributed by atoms with E-state index in [2.05, 4.69) is 4.72 Å². The third kappa shape index (κ3) is 3.44. The van der Waals surface area contributed by atoms with Crippen LogP contribution in [0.15, 0.2) is 53.9 Å². The average Bonchev–Trinajstić information content (AvgIpc) is 2.93. The van der Waals surface area contributed by atoms with Gasteiger partial charge in [0, 0.05) is 12.1 Å². The quantitative estimate of drug-likeness (QED) is 0.944. The van der Waals surface area contributed by atoms with E-state index in [-0.39, 0.29) is 0 Å². The predicted octanol–water partition coefficient (Wildman–Crippen LogP) is 3.03. The molecule has 1 aliphatic heterocycles. The number of benzene rings is 2. The first-order chi connectivity index (χ1) is 10.1. The van der Waals surface area contributed by atoms with Crippen LogP contribution in [-0.4, -0.2) is 15.0 Å². The van der Waals surface area contributed by atoms with Crippen molar-refractivity contribution < 1.29 is 13.2 Å². The normalized spacial score (nSPS) is 13.9. The van der Waals surface area contributed by atoms with Crippen molar-refractivity contribution in [1.29, 1.82) is 0 Å². The van der Waals surface area contributed by atoms with Gasteiger partial charge in [0.05, 0.1) is 12.0 Å². The van der Waals surface area contributed by atoms with Gasteiger partial charge in [-0.05, 0) is 35.4 Å². The van der Waals surface area contributed by atoms with Crippen LogP contribution in [-0.2, 0) is 16.4 Å². The smallest absolute Gasteiger partial charge is 0.255 e. The van der Waals surface area contributed by atoms with Gasteiger partial charge in [-0.2, -0.15) is 0 Å². The summed E-state index contributed by atoms with van der Waals surface area (Å²) in [6, 6.07) is 14.6. The molecular formula is C16H15NO3S. The van der Waals surface area contributed by atoms with Crippen LogP contribution in [0.1, 0.15) is 11.1 Å². The van der Waals surface area contributed by atoms with Crippen LogP contribution in [0.25, 0.3) is 6.08 Å². The van der Waals surface area contributed by atoms with Crippen LogP contribution in [0.2, 0.25) is 0 Å². The highest BCUT2D eigenvalue weighted by Gasteiger charge is 2.13. The SMILES string of the molecule is O=S(=O)(/C=C/c1ccccc1)Nc1ccc2c(c1)CCO2. The largest absolute Gasteiger partial charge is 0.493 e. The van der Waals surface area contributed by atoms with E-state index in [1.54, 1.807) is 18.2 Å². The molecule has 0 atom stereocenters. The minimum atomic E-state index is -3.52. The first-order valence-corrected chi connectivity index (χ1v) is 8.19. The Morgan fingerprint density at radius 2 is 1.90 bits per heavy atom. The van der Waals surface area contributed by atoms with Gasteiger partial charge in [-0.25, -0.2) is 8.42 Å². The van der Waals surface area contributed by atoms with Crippen molar-refractivity contribution in [1.82, 2.24) is 0 Å². The van der Waals surface area contributed by atoms with Gasteiger partial charge in [-0.1, -0.05) is 30.3 Å². The number of anilines is 1. The Hall–Kier alpha value is -2.27. The highest BCUT2D eigenvalue weighted by Crippen LogP contribution is 2.28. The summed E-state index contributed by atoms with van der Waals surface area (Å²) in [5.74, 6) is 0.831. The van der Waals surface area contributed by atoms with E-state index >= 15 is 0 Å². The van der Waals surface area contributed by atoms with E-state index in [9.17, 15) is 8.42 Å². The molecule has 0 aromatic heterocycles. The van der Waals surface area contributed by atoms with Crippen molar-refractivity contribution in [2.75, 3.05) is 11.3 Å². The van der Waals surface area contributed by atoms with Crippen molar-refractivity contribution >= 4 is 21.8 Å². The number of nitrogens with one attached hydrogen (secondary N) is 1. The Balaban J connectivity index is 1.76. The van der Waals surface area contributed by atoms with Crippen LogP contribution < -0.4 is 9.46 Å². The molecule has 0 saturated heterocycles. The second-order valence-electron chi connectivity index (χ2n) is 4.78. The van der Waals surface area contributed by atoms with Crippen molar-refractivity contribution in [2.24, 2.45) is 0 Å². The molecule has 21 heavy (non-hydrogen) atoms. The van der Waals surface area contributed by atoms with E-state index in [0.29, 0.717) is 12.3 Å². The third-order valence-electron chi connectivity index (χ3n) is 3.19. The molecule has 0 spiro atoms. The summed E-state index contributed by atoms with van der Waals surface area (Å²) >= 11 is 0. The second kappa shape index (κ2) is 5.61. The number of rotatable bonds is 4. The molecule has 108 valence electrons. The fourth-order valence-corrected chi connectivity index (χ4v) is 3.04. The van der Waals surface area contributed by atoms with Gasteiger partial charge in [-0.3, -0.25) is 4.72 Å². The van der Waals surface area contributed by atoms with Crippen molar-refractivity contribution in [3.63, 3.8) is 0 Å². The Bertz CT molecular complexity index is 767. The van der Waals surface area contributed by atoms with Crippen LogP contribution in [0, 0.1) is 0 Å². The first kappa shape index (κ1) is 13.7. The molecule has 0 amide bonds. The number of hydrogen-bond donors (Lipinski definition) is 1. The molecule has 0 bridgehead atoms. The molecule has 1 aliphatic rings. The van der Waals surface area contributed by atoms with E-state index in [0.717, 1.165) is 23.3 Å². The van der Waals surface area contributed by atoms with Gasteiger partial charge in [0.15, 0.2) is 0 Å². The van der Waals surface area contributed by atoms with Crippen molar-refractivity contribution in [3.8, 4) is 5.75 Å². The van der Waals surface area contributed by atoms with Crippen LogP contribution >= 0.6 is 0 Å². The summed E-state index contributed by atoms with van der Waals surface area (Å²) < 4.78 is 32.0. The highest BCUT2D eigenvalue weighted by atomic mass is 32.2. The summed E-state index contributed by atoms with van der Waals surface area (Å²) in [5.41, 5.74) is 2.42. The van der Waals surface area contributed by atoms with Gasteiger partial charge in [0.2, 0.25) is 0 Å². The second-order valence-corrected chi connectivity index (χ2v) is 6.35. The molecule has 0 radical (unpaired) electrons. The number of ether oxygens (including phenoxy) is 1. The Morgan fingerprint density at radius 3 is 2.71 bits per heavy atom. The van der Waals surface area contributed by atoms with E-state index in [1.165, 1.54) is 5.41 Å². The van der Waals surface area contributed by atoms with E-state index in [1.807, 2.05) is 36.4 Å². The molecule has 4 nitrogen and oxygen atoms in total. The number of fused-ring (bicyclic) bond motifs is 1. The van der Waals surface area contributed by atoms with Crippen molar-refractivity contribution in [3.05, 3.63) is 65.1 Å². The maximum Gasteiger partial charge on any atom is 0.255 e. The maximum atomic E-state index is 12.0. The van der Waals surface area contributed by atoms with E-state index in [4.69, 9.17) is 4.74 Å². The third-order valence-corrected chi connectivity index (χ3v) is 4.20. The number of hydrogen-bond acceptors (Lipinski definition) is 3. The standard InChI is InChI=1S/C16H15NO3S/c18-21(19,11-9-13-4-2-1-3-5-13)17-15-6-7-16-14(12-15)8-10-20-16/h1-7,9,11-12,17H,8,10H2/b11-9+. The minimum absolute atomic E-state index is 0.553. The fourth-order valence-electron chi connectivity index (χ4n) is 2.18. The highest BCUT2D eigenvalue weighted by molar-refractivity contribution is 7.95. The molecule has 0 fully saturated rings. The van der Waals surface area contributed by atoms with Gasteiger partial charge in [0.25, 0.3) is 10.0 Å². The Morgan fingerprint density at radius 1 is 1.10 bits per heavy atom. The maximum absolute atomic E-state index is 12.0. The molecule has 0 saturated carbocycles. The van der Waals surface area contributed by atoms with Gasteiger partial charge < -0.3 is 4.74 Å². The molecule has 0 aliphatic carbocycles. The molecule has 2 aromatic rings. The lowest BCUT2D eigenvalue weighted by Crippen LogP contribution is -2.08. The fraction of sp³-hybridized carbons (Fsp3) is 0.125. The summed E-state index contributed by atoms with van der Waals surface area (Å²) in [4.78, 5) is 0. The summed E-state index contributed by atoms with van der Waals surface area (Å²) in [7, 11) is -3.52. The van der Waals surface area contributed by atoms with Crippen LogP contribution in [0.5, 0.6) is 5.75 Å². The minimum Gasteiger partial charge on any atom is -0.493 e. The summed E-state index contributed by atoms with van der Waals surface area (Å²) in [6.07, 6.45) is 2.38. The Labute approximate surface area is 124 Å². The number of sulfonamides is 1. The predicted molar refractivity (Wildman–Crippen MR) is 83.7 cm³/mol. The zero-order valence-corrected chi connectivity index (χ0v) is 12.1. The van der Waals surface area contributed by atoms with Crippen LogP contribution in [0.3, 0.4) is 0 Å². The monoisotopic (exact) mass is 301 g/mol. The molecule has 1 heterocycles. The lowest BCUT2D eigenvalue weighted by atomic mass is 10.1. The summed E-state index contributed by atoms with van der Waals surface area (Å²) in [5, 5.41) is 1.17. The van der Waals surface area contributed by atoms with Gasteiger partial charge >= 0.3 is 0 Å². The summed E-state index contributed by atoms with van der Waals surface area (Å²) in [6.45, 7) is 0.652. The lowest BCUT2D eigenvalue weighted by molar-refractivity contribution is 0.357. The zero-order valence-electron chi connectivity index (χ0n) is 11.3. The average molecular weight is 301 g/mol. The van der Waals surface area contributed by atoms with Crippen LogP contribution in [0.4, 0.5) is 5.69 Å². The Kier molecular flexibility index (Phi) is 3.66. The van der Waals surface area contributed by atoms with Gasteiger partial charge in [-0.15, -0.1) is 0 Å². The first-order valence-electron chi connectivity index (χ1n) is 6.64. The van der Waals surface area contributed by atoms with Gasteiger partial charge in [0.1, 0.15) is 5.75 Å². The zero-order chi connectivity index (χ0) is 14.7. The lowest BCUT2D eigenvalue weighted by Gasteiger charge is -2.06. The molecule has 1 N–H and O–H groups in total. The van der Waals surface area contributed by atoms with Crippen molar-refractivity contribution in [2.45, 2.75) is 6.42 Å². The molecular weight excluding hydrogens is 286 g/mol. The molecule has 3 rings (SSSR count). The van der Waals surface area contributed by atoms with E-state index < -0.39 is 10.0 Å². The molecule has 5 heteroatoms. The molecule has 0 unspecified atom stereocenters. The molecule has 2 aromatic carbocycles.